The van der Waals surface area contributed by atoms with Gasteiger partial charge in [0.15, 0.2) is 6.10 Å². The Hall–Kier alpha value is -2.00. The topological polar surface area (TPSA) is 38.3 Å². The first-order valence-electron chi connectivity index (χ1n) is 6.88. The van der Waals surface area contributed by atoms with Gasteiger partial charge in [-0.1, -0.05) is 42.3 Å². The van der Waals surface area contributed by atoms with Crippen molar-refractivity contribution in [2.24, 2.45) is 0 Å². The maximum Gasteiger partial charge on any atom is 0.265 e. The molecule has 0 aliphatic rings. The van der Waals surface area contributed by atoms with E-state index in [1.807, 2.05) is 38.1 Å². The predicted molar refractivity (Wildman–Crippen MR) is 86.0 cm³/mol. The Labute approximate surface area is 129 Å². The number of amides is 1. The molecule has 2 aromatic rings. The standard InChI is InChI=1S/C17H18ClNO2/c1-3-16(21-15-6-4-5-13(18)11-15)17(20)19-14-9-7-12(2)8-10-14/h4-11,16H,3H2,1-2H3,(H,19,20). The van der Waals surface area contributed by atoms with Crippen molar-refractivity contribution in [2.45, 2.75) is 26.4 Å². The molecule has 1 amide bonds. The molecular weight excluding hydrogens is 286 g/mol. The number of carbonyl (C=O) groups is 1. The smallest absolute Gasteiger partial charge is 0.265 e. The molecule has 0 bridgehead atoms. The van der Waals surface area contributed by atoms with Crippen LogP contribution in [-0.2, 0) is 4.79 Å². The second-order valence-electron chi connectivity index (χ2n) is 4.83. The summed E-state index contributed by atoms with van der Waals surface area (Å²) in [7, 11) is 0. The first kappa shape index (κ1) is 15.4. The summed E-state index contributed by atoms with van der Waals surface area (Å²) in [5.74, 6) is 0.426. The Morgan fingerprint density at radius 3 is 2.57 bits per heavy atom. The zero-order chi connectivity index (χ0) is 15.2. The van der Waals surface area contributed by atoms with Crippen LogP contribution in [0.3, 0.4) is 0 Å². The van der Waals surface area contributed by atoms with E-state index in [1.165, 1.54) is 0 Å². The molecular formula is C17H18ClNO2. The van der Waals surface area contributed by atoms with E-state index in [-0.39, 0.29) is 5.91 Å². The number of ether oxygens (including phenoxy) is 1. The Kier molecular flexibility index (Phi) is 5.23. The zero-order valence-electron chi connectivity index (χ0n) is 12.1. The minimum absolute atomic E-state index is 0.165. The van der Waals surface area contributed by atoms with Gasteiger partial charge in [0.25, 0.3) is 5.91 Å². The fourth-order valence-corrected chi connectivity index (χ4v) is 2.07. The molecule has 0 aliphatic heterocycles. The third-order valence-electron chi connectivity index (χ3n) is 3.06. The first-order valence-corrected chi connectivity index (χ1v) is 7.26. The molecule has 4 heteroatoms. The molecule has 0 heterocycles. The summed E-state index contributed by atoms with van der Waals surface area (Å²) < 4.78 is 5.71. The van der Waals surface area contributed by atoms with Crippen molar-refractivity contribution in [3.63, 3.8) is 0 Å². The lowest BCUT2D eigenvalue weighted by Crippen LogP contribution is -2.32. The average molecular weight is 304 g/mol. The molecule has 2 rings (SSSR count). The van der Waals surface area contributed by atoms with Gasteiger partial charge in [0.2, 0.25) is 0 Å². The quantitative estimate of drug-likeness (QED) is 0.886. The van der Waals surface area contributed by atoms with Crippen molar-refractivity contribution >= 4 is 23.2 Å². The van der Waals surface area contributed by atoms with Gasteiger partial charge in [-0.2, -0.15) is 0 Å². The average Bonchev–Trinajstić information content (AvgIpc) is 2.47. The van der Waals surface area contributed by atoms with E-state index in [9.17, 15) is 4.79 Å². The summed E-state index contributed by atoms with van der Waals surface area (Å²) in [6.07, 6.45) is 0.0225. The van der Waals surface area contributed by atoms with Crippen LogP contribution in [0.2, 0.25) is 5.02 Å². The highest BCUT2D eigenvalue weighted by molar-refractivity contribution is 6.30. The Bertz CT molecular complexity index is 610. The summed E-state index contributed by atoms with van der Waals surface area (Å²) in [4.78, 5) is 12.2. The molecule has 1 N–H and O–H groups in total. The van der Waals surface area contributed by atoms with Crippen LogP contribution in [0.5, 0.6) is 5.75 Å². The van der Waals surface area contributed by atoms with Crippen LogP contribution < -0.4 is 10.1 Å². The number of benzene rings is 2. The van der Waals surface area contributed by atoms with Crippen molar-refractivity contribution < 1.29 is 9.53 Å². The molecule has 1 unspecified atom stereocenters. The largest absolute Gasteiger partial charge is 0.481 e. The molecule has 0 saturated carbocycles. The van der Waals surface area contributed by atoms with Crippen molar-refractivity contribution in [1.29, 1.82) is 0 Å². The maximum absolute atomic E-state index is 12.2. The molecule has 0 spiro atoms. The van der Waals surface area contributed by atoms with Crippen molar-refractivity contribution in [2.75, 3.05) is 5.32 Å². The highest BCUT2D eigenvalue weighted by Crippen LogP contribution is 2.20. The monoisotopic (exact) mass is 303 g/mol. The predicted octanol–water partition coefficient (Wildman–Crippen LogP) is 4.44. The molecule has 0 aliphatic carbocycles. The van der Waals surface area contributed by atoms with Crippen LogP contribution in [0.1, 0.15) is 18.9 Å². The Morgan fingerprint density at radius 1 is 1.24 bits per heavy atom. The minimum atomic E-state index is -0.551. The van der Waals surface area contributed by atoms with E-state index < -0.39 is 6.10 Å². The van der Waals surface area contributed by atoms with Crippen LogP contribution in [-0.4, -0.2) is 12.0 Å². The van der Waals surface area contributed by atoms with Crippen LogP contribution in [0.25, 0.3) is 0 Å². The van der Waals surface area contributed by atoms with E-state index in [0.29, 0.717) is 17.2 Å². The number of nitrogens with one attached hydrogen (secondary N) is 1. The van der Waals surface area contributed by atoms with E-state index in [0.717, 1.165) is 11.3 Å². The van der Waals surface area contributed by atoms with E-state index in [2.05, 4.69) is 5.32 Å². The number of rotatable bonds is 5. The molecule has 21 heavy (non-hydrogen) atoms. The highest BCUT2D eigenvalue weighted by Gasteiger charge is 2.18. The Morgan fingerprint density at radius 2 is 1.95 bits per heavy atom. The number of hydrogen-bond acceptors (Lipinski definition) is 2. The first-order chi connectivity index (χ1) is 10.1. The maximum atomic E-state index is 12.2. The summed E-state index contributed by atoms with van der Waals surface area (Å²) in [5, 5.41) is 3.44. The molecule has 110 valence electrons. The second kappa shape index (κ2) is 7.14. The van der Waals surface area contributed by atoms with Gasteiger partial charge >= 0.3 is 0 Å². The number of hydrogen-bond donors (Lipinski definition) is 1. The van der Waals surface area contributed by atoms with Gasteiger partial charge in [-0.05, 0) is 43.7 Å². The summed E-state index contributed by atoms with van der Waals surface area (Å²) in [6, 6.07) is 14.7. The number of aryl methyl sites for hydroxylation is 1. The van der Waals surface area contributed by atoms with Crippen molar-refractivity contribution in [3.8, 4) is 5.75 Å². The molecule has 0 radical (unpaired) electrons. The molecule has 2 aromatic carbocycles. The summed E-state index contributed by atoms with van der Waals surface area (Å²) in [6.45, 7) is 3.91. The van der Waals surface area contributed by atoms with E-state index >= 15 is 0 Å². The SMILES string of the molecule is CCC(Oc1cccc(Cl)c1)C(=O)Nc1ccc(C)cc1. The molecule has 0 fully saturated rings. The van der Waals surface area contributed by atoms with Gasteiger partial charge in [0.1, 0.15) is 5.75 Å². The van der Waals surface area contributed by atoms with Gasteiger partial charge in [-0.3, -0.25) is 4.79 Å². The second-order valence-corrected chi connectivity index (χ2v) is 5.26. The van der Waals surface area contributed by atoms with Crippen LogP contribution in [0, 0.1) is 6.92 Å². The normalized spacial score (nSPS) is 11.8. The number of anilines is 1. The number of carbonyl (C=O) groups excluding carboxylic acids is 1. The van der Waals surface area contributed by atoms with Gasteiger partial charge in [-0.15, -0.1) is 0 Å². The summed E-state index contributed by atoms with van der Waals surface area (Å²) >= 11 is 5.92. The van der Waals surface area contributed by atoms with Crippen molar-refractivity contribution in [1.82, 2.24) is 0 Å². The Balaban J connectivity index is 2.03. The third kappa shape index (κ3) is 4.50. The molecule has 1 atom stereocenters. The summed E-state index contributed by atoms with van der Waals surface area (Å²) in [5.41, 5.74) is 1.91. The van der Waals surface area contributed by atoms with E-state index in [1.54, 1.807) is 24.3 Å². The van der Waals surface area contributed by atoms with Gasteiger partial charge in [0.05, 0.1) is 0 Å². The van der Waals surface area contributed by atoms with Gasteiger partial charge in [0, 0.05) is 10.7 Å². The van der Waals surface area contributed by atoms with Crippen LogP contribution in [0.15, 0.2) is 48.5 Å². The minimum Gasteiger partial charge on any atom is -0.481 e. The zero-order valence-corrected chi connectivity index (χ0v) is 12.9. The molecule has 3 nitrogen and oxygen atoms in total. The third-order valence-corrected chi connectivity index (χ3v) is 3.29. The lowest BCUT2D eigenvalue weighted by Gasteiger charge is -2.17. The molecule has 0 saturated heterocycles. The fraction of sp³-hybridized carbons (Fsp3) is 0.235. The highest BCUT2D eigenvalue weighted by atomic mass is 35.5. The van der Waals surface area contributed by atoms with Crippen LogP contribution >= 0.6 is 11.6 Å². The van der Waals surface area contributed by atoms with E-state index in [4.69, 9.17) is 16.3 Å². The van der Waals surface area contributed by atoms with Gasteiger partial charge in [-0.25, -0.2) is 0 Å². The lowest BCUT2D eigenvalue weighted by molar-refractivity contribution is -0.122. The number of halogens is 1. The lowest BCUT2D eigenvalue weighted by atomic mass is 10.2. The van der Waals surface area contributed by atoms with Crippen LogP contribution in [0.4, 0.5) is 5.69 Å². The fourth-order valence-electron chi connectivity index (χ4n) is 1.89. The molecule has 0 aromatic heterocycles. The van der Waals surface area contributed by atoms with Crippen molar-refractivity contribution in [3.05, 3.63) is 59.1 Å². The van der Waals surface area contributed by atoms with Gasteiger partial charge < -0.3 is 10.1 Å².